The van der Waals surface area contributed by atoms with E-state index in [1.807, 2.05) is 48.5 Å². The summed E-state index contributed by atoms with van der Waals surface area (Å²) in [6.07, 6.45) is 0. The minimum atomic E-state index is -0.334. The van der Waals surface area contributed by atoms with Crippen LogP contribution >= 0.6 is 27.7 Å². The molecule has 0 atom stereocenters. The molecule has 1 aromatic heterocycles. The van der Waals surface area contributed by atoms with Gasteiger partial charge in [0.15, 0.2) is 5.69 Å². The highest BCUT2D eigenvalue weighted by Crippen LogP contribution is 2.36. The Morgan fingerprint density at radius 2 is 2.00 bits per heavy atom. The van der Waals surface area contributed by atoms with E-state index in [-0.39, 0.29) is 23.2 Å². The number of nitrogens with one attached hydrogen (secondary N) is 1. The molecule has 5 nitrogen and oxygen atoms in total. The molecule has 24 heavy (non-hydrogen) atoms. The predicted octanol–water partition coefficient (Wildman–Crippen LogP) is 5.18. The van der Waals surface area contributed by atoms with Gasteiger partial charge in [0.05, 0.1) is 11.3 Å². The normalized spacial score (nSPS) is 11.4. The van der Waals surface area contributed by atoms with Crippen LogP contribution in [-0.4, -0.2) is 21.8 Å². The van der Waals surface area contributed by atoms with Crippen molar-refractivity contribution in [3.8, 4) is 5.88 Å². The second kappa shape index (κ2) is 7.63. The molecule has 2 aromatic carbocycles. The fourth-order valence-electron chi connectivity index (χ4n) is 2.20. The Labute approximate surface area is 151 Å². The summed E-state index contributed by atoms with van der Waals surface area (Å²) in [5.41, 5.74) is 2.16. The molecule has 122 valence electrons. The quantitative estimate of drug-likeness (QED) is 0.576. The predicted molar refractivity (Wildman–Crippen MR) is 99.8 cm³/mol. The van der Waals surface area contributed by atoms with Crippen LogP contribution in [0.4, 0.5) is 5.69 Å². The zero-order valence-electron chi connectivity index (χ0n) is 12.6. The fourth-order valence-corrected chi connectivity index (χ4v) is 3.33. The van der Waals surface area contributed by atoms with E-state index in [1.54, 1.807) is 0 Å². The van der Waals surface area contributed by atoms with Crippen molar-refractivity contribution < 1.29 is 9.90 Å². The first-order valence-corrected chi connectivity index (χ1v) is 9.14. The van der Waals surface area contributed by atoms with E-state index in [0.717, 1.165) is 21.3 Å². The van der Waals surface area contributed by atoms with Crippen LogP contribution < -0.4 is 0 Å². The SMILES string of the molecule is O=C(CSCc1ccccc1)N=Nc1c(O)[nH]c2ccc(Br)cc12. The van der Waals surface area contributed by atoms with Crippen LogP contribution in [0.15, 0.2) is 63.2 Å². The molecule has 0 radical (unpaired) electrons. The van der Waals surface area contributed by atoms with E-state index in [0.29, 0.717) is 5.39 Å². The second-order valence-electron chi connectivity index (χ2n) is 5.08. The van der Waals surface area contributed by atoms with E-state index in [1.165, 1.54) is 11.8 Å². The highest BCUT2D eigenvalue weighted by molar-refractivity contribution is 9.10. The molecule has 0 bridgehead atoms. The molecule has 0 aliphatic carbocycles. The summed E-state index contributed by atoms with van der Waals surface area (Å²) in [7, 11) is 0. The van der Waals surface area contributed by atoms with Gasteiger partial charge in [-0.3, -0.25) is 4.79 Å². The molecule has 0 spiro atoms. The molecule has 1 amide bonds. The summed E-state index contributed by atoms with van der Waals surface area (Å²) in [5.74, 6) is 0.551. The topological polar surface area (TPSA) is 77.8 Å². The highest BCUT2D eigenvalue weighted by atomic mass is 79.9. The number of benzene rings is 2. The Kier molecular flexibility index (Phi) is 5.32. The Hall–Kier alpha value is -2.12. The molecule has 3 rings (SSSR count). The van der Waals surface area contributed by atoms with Crippen LogP contribution in [0.2, 0.25) is 0 Å². The van der Waals surface area contributed by atoms with Gasteiger partial charge in [0.2, 0.25) is 5.88 Å². The van der Waals surface area contributed by atoms with Crippen molar-refractivity contribution in [3.63, 3.8) is 0 Å². The summed E-state index contributed by atoms with van der Waals surface area (Å²) >= 11 is 4.86. The van der Waals surface area contributed by atoms with E-state index >= 15 is 0 Å². The number of hydrogen-bond acceptors (Lipinski definition) is 4. The Morgan fingerprint density at radius 1 is 1.21 bits per heavy atom. The van der Waals surface area contributed by atoms with Crippen molar-refractivity contribution >= 4 is 50.2 Å². The molecular weight excluding hydrogens is 390 g/mol. The molecule has 3 aromatic rings. The number of fused-ring (bicyclic) bond motifs is 1. The number of carbonyl (C=O) groups excluding carboxylic acids is 1. The van der Waals surface area contributed by atoms with Gasteiger partial charge in [-0.2, -0.15) is 0 Å². The number of H-pyrrole nitrogens is 1. The second-order valence-corrected chi connectivity index (χ2v) is 6.99. The van der Waals surface area contributed by atoms with Crippen LogP contribution in [0.5, 0.6) is 5.88 Å². The summed E-state index contributed by atoms with van der Waals surface area (Å²) in [6.45, 7) is 0. The maximum atomic E-state index is 11.9. The van der Waals surface area contributed by atoms with Crippen LogP contribution in [0, 0.1) is 0 Å². The number of thioether (sulfide) groups is 1. The molecule has 0 aliphatic rings. The summed E-state index contributed by atoms with van der Waals surface area (Å²) in [5, 5.41) is 18.3. The standard InChI is InChI=1S/C17H14BrN3O2S/c18-12-6-7-14-13(8-12)16(17(23)19-14)21-20-15(22)10-24-9-11-4-2-1-3-5-11/h1-8,19,23H,9-10H2. The van der Waals surface area contributed by atoms with E-state index in [2.05, 4.69) is 31.1 Å². The maximum Gasteiger partial charge on any atom is 0.274 e. The van der Waals surface area contributed by atoms with Crippen molar-refractivity contribution in [2.75, 3.05) is 5.75 Å². The Bertz CT molecular complexity index is 893. The molecule has 7 heteroatoms. The molecular formula is C17H14BrN3O2S. The minimum Gasteiger partial charge on any atom is -0.493 e. The molecule has 0 saturated heterocycles. The average Bonchev–Trinajstić information content (AvgIpc) is 2.88. The molecule has 0 fully saturated rings. The number of carbonyl (C=O) groups is 1. The van der Waals surface area contributed by atoms with Gasteiger partial charge in [0, 0.05) is 15.6 Å². The smallest absolute Gasteiger partial charge is 0.274 e. The molecule has 1 heterocycles. The number of azo groups is 1. The lowest BCUT2D eigenvalue weighted by molar-refractivity contribution is -0.115. The number of amides is 1. The van der Waals surface area contributed by atoms with E-state index < -0.39 is 0 Å². The third kappa shape index (κ3) is 4.04. The zero-order valence-corrected chi connectivity index (χ0v) is 15.0. The molecule has 2 N–H and O–H groups in total. The van der Waals surface area contributed by atoms with E-state index in [9.17, 15) is 9.90 Å². The van der Waals surface area contributed by atoms with Gasteiger partial charge >= 0.3 is 0 Å². The molecule has 0 aliphatic heterocycles. The van der Waals surface area contributed by atoms with E-state index in [4.69, 9.17) is 0 Å². The first-order valence-electron chi connectivity index (χ1n) is 7.20. The maximum absolute atomic E-state index is 11.9. The zero-order chi connectivity index (χ0) is 16.9. The van der Waals surface area contributed by atoms with Gasteiger partial charge in [-0.15, -0.1) is 22.0 Å². The number of aromatic amines is 1. The fraction of sp³-hybridized carbons (Fsp3) is 0.118. The van der Waals surface area contributed by atoms with Crippen molar-refractivity contribution in [2.24, 2.45) is 10.2 Å². The highest BCUT2D eigenvalue weighted by Gasteiger charge is 2.11. The van der Waals surface area contributed by atoms with Crippen molar-refractivity contribution in [3.05, 3.63) is 58.6 Å². The van der Waals surface area contributed by atoms with Gasteiger partial charge in [-0.25, -0.2) is 0 Å². The van der Waals surface area contributed by atoms with Crippen LogP contribution in [-0.2, 0) is 10.5 Å². The summed E-state index contributed by atoms with van der Waals surface area (Å²) < 4.78 is 0.857. The molecule has 0 saturated carbocycles. The third-order valence-corrected chi connectivity index (χ3v) is 4.79. The monoisotopic (exact) mass is 403 g/mol. The van der Waals surface area contributed by atoms with Gasteiger partial charge < -0.3 is 10.1 Å². The Balaban J connectivity index is 1.64. The summed E-state index contributed by atoms with van der Waals surface area (Å²) in [6, 6.07) is 15.4. The lowest BCUT2D eigenvalue weighted by Crippen LogP contribution is -1.96. The average molecular weight is 404 g/mol. The number of hydrogen-bond donors (Lipinski definition) is 2. The number of aromatic hydroxyl groups is 1. The first-order chi connectivity index (χ1) is 11.6. The van der Waals surface area contributed by atoms with Crippen molar-refractivity contribution in [1.29, 1.82) is 0 Å². The lowest BCUT2D eigenvalue weighted by Gasteiger charge is -1.98. The first kappa shape index (κ1) is 16.7. The van der Waals surface area contributed by atoms with Crippen LogP contribution in [0.3, 0.4) is 0 Å². The lowest BCUT2D eigenvalue weighted by atomic mass is 10.2. The number of rotatable bonds is 5. The Morgan fingerprint density at radius 3 is 2.79 bits per heavy atom. The van der Waals surface area contributed by atoms with Crippen molar-refractivity contribution in [2.45, 2.75) is 5.75 Å². The van der Waals surface area contributed by atoms with Gasteiger partial charge in [0.1, 0.15) is 0 Å². The van der Waals surface area contributed by atoms with Crippen LogP contribution in [0.1, 0.15) is 5.56 Å². The van der Waals surface area contributed by atoms with Crippen LogP contribution in [0.25, 0.3) is 10.9 Å². The van der Waals surface area contributed by atoms with Crippen molar-refractivity contribution in [1.82, 2.24) is 4.98 Å². The van der Waals surface area contributed by atoms with Gasteiger partial charge in [0.25, 0.3) is 5.91 Å². The van der Waals surface area contributed by atoms with Gasteiger partial charge in [-0.05, 0) is 23.8 Å². The number of halogens is 1. The number of aromatic nitrogens is 1. The largest absolute Gasteiger partial charge is 0.493 e. The van der Waals surface area contributed by atoms with Gasteiger partial charge in [-0.1, -0.05) is 46.3 Å². The summed E-state index contributed by atoms with van der Waals surface area (Å²) in [4.78, 5) is 14.7. The number of nitrogens with zero attached hydrogens (tertiary/aromatic N) is 2. The third-order valence-electron chi connectivity index (χ3n) is 3.31. The minimum absolute atomic E-state index is 0.100. The molecule has 0 unspecified atom stereocenters.